The molecule has 5 rings (SSSR count). The Kier molecular flexibility index (Phi) is 7.76. The van der Waals surface area contributed by atoms with Crippen LogP contribution in [0.25, 0.3) is 11.0 Å². The van der Waals surface area contributed by atoms with E-state index >= 15 is 0 Å². The van der Waals surface area contributed by atoms with Crippen LogP contribution in [0.15, 0.2) is 74.9 Å². The molecule has 2 N–H and O–H groups in total. The molecular formula is C26H22N3NaO7S. The van der Waals surface area contributed by atoms with Gasteiger partial charge in [0.05, 0.1) is 5.56 Å². The van der Waals surface area contributed by atoms with Gasteiger partial charge in [0.1, 0.15) is 23.0 Å². The number of carbonyl (C=O) groups excluding carboxylic acids is 2. The second-order valence-electron chi connectivity index (χ2n) is 9.32. The minimum Gasteiger partial charge on any atom is -0.858 e. The summed E-state index contributed by atoms with van der Waals surface area (Å²) < 4.78 is 4.47. The van der Waals surface area contributed by atoms with E-state index in [9.17, 15) is 29.4 Å². The van der Waals surface area contributed by atoms with E-state index in [2.05, 4.69) is 10.3 Å². The van der Waals surface area contributed by atoms with Crippen molar-refractivity contribution in [3.05, 3.63) is 82.2 Å². The molecule has 3 aromatic rings. The van der Waals surface area contributed by atoms with Crippen molar-refractivity contribution >= 4 is 46.4 Å². The summed E-state index contributed by atoms with van der Waals surface area (Å²) in [6, 6.07) is 13.0. The van der Waals surface area contributed by atoms with Crippen LogP contribution in [0.3, 0.4) is 0 Å². The average Bonchev–Trinajstić information content (AvgIpc) is 3.13. The van der Waals surface area contributed by atoms with E-state index in [4.69, 9.17) is 4.42 Å². The van der Waals surface area contributed by atoms with Gasteiger partial charge in [0, 0.05) is 10.1 Å². The van der Waals surface area contributed by atoms with Gasteiger partial charge in [-0.2, -0.15) is 0 Å². The van der Waals surface area contributed by atoms with Gasteiger partial charge < -0.3 is 24.8 Å². The zero-order valence-corrected chi connectivity index (χ0v) is 23.6. The molecule has 0 saturated carbocycles. The van der Waals surface area contributed by atoms with Gasteiger partial charge >= 0.3 is 41.2 Å². The smallest absolute Gasteiger partial charge is 0.858 e. The SMILES string of the molecule is CC1(C)S[C@@H]2[C@H](NC(=O)C(N=C([O-])c3cc4ccccc4oc3=O)c3ccccc3)C(=O)N2[C@H]1C(=O)O.[Na+]. The molecule has 1 unspecified atom stereocenters. The molecule has 2 aliphatic rings. The number of benzene rings is 2. The molecule has 2 aliphatic heterocycles. The maximum Gasteiger partial charge on any atom is 1.00 e. The molecule has 0 aliphatic carbocycles. The predicted octanol–water partition coefficient (Wildman–Crippen LogP) is -1.72. The fraction of sp³-hybridized carbons (Fsp3) is 0.269. The van der Waals surface area contributed by atoms with E-state index in [0.29, 0.717) is 16.5 Å². The number of fused-ring (bicyclic) bond motifs is 2. The average molecular weight is 544 g/mol. The number of aliphatic imine (C=N–C) groups is 1. The normalized spacial score (nSPS) is 22.7. The Balaban J connectivity index is 0.00000336. The molecule has 2 saturated heterocycles. The molecule has 1 aromatic heterocycles. The van der Waals surface area contributed by atoms with Crippen LogP contribution in [-0.2, 0) is 14.4 Å². The largest absolute Gasteiger partial charge is 1.00 e. The molecule has 0 spiro atoms. The number of rotatable bonds is 6. The number of para-hydroxylation sites is 1. The van der Waals surface area contributed by atoms with Gasteiger partial charge in [0.25, 0.3) is 0 Å². The number of aliphatic carboxylic acids is 1. The molecule has 0 radical (unpaired) electrons. The Morgan fingerprint density at radius 2 is 1.79 bits per heavy atom. The summed E-state index contributed by atoms with van der Waals surface area (Å²) in [6.07, 6.45) is 0. The van der Waals surface area contributed by atoms with Crippen LogP contribution >= 0.6 is 11.8 Å². The summed E-state index contributed by atoms with van der Waals surface area (Å²) in [5, 5.41) is 25.3. The number of hydrogen-bond donors (Lipinski definition) is 2. The van der Waals surface area contributed by atoms with Gasteiger partial charge in [0.15, 0.2) is 6.04 Å². The Labute approximate surface area is 243 Å². The van der Waals surface area contributed by atoms with Crippen molar-refractivity contribution < 1.29 is 58.6 Å². The summed E-state index contributed by atoms with van der Waals surface area (Å²) in [5.74, 6) is -3.29. The molecule has 2 amide bonds. The van der Waals surface area contributed by atoms with Gasteiger partial charge in [-0.3, -0.25) is 14.6 Å². The third-order valence-electron chi connectivity index (χ3n) is 6.45. The fourth-order valence-corrected chi connectivity index (χ4v) is 6.32. The van der Waals surface area contributed by atoms with Gasteiger partial charge in [-0.25, -0.2) is 9.59 Å². The van der Waals surface area contributed by atoms with Crippen molar-refractivity contribution in [2.75, 3.05) is 0 Å². The zero-order chi connectivity index (χ0) is 26.5. The number of carbonyl (C=O) groups is 3. The number of thioether (sulfide) groups is 1. The maximum absolute atomic E-state index is 13.4. The van der Waals surface area contributed by atoms with Crippen LogP contribution in [0.5, 0.6) is 0 Å². The van der Waals surface area contributed by atoms with Gasteiger partial charge in [-0.15, -0.1) is 11.8 Å². The van der Waals surface area contributed by atoms with Crippen LogP contribution in [0.4, 0.5) is 0 Å². The van der Waals surface area contributed by atoms with E-state index in [1.165, 1.54) is 22.7 Å². The maximum atomic E-state index is 13.4. The van der Waals surface area contributed by atoms with Crippen LogP contribution in [0, 0.1) is 0 Å². The summed E-state index contributed by atoms with van der Waals surface area (Å²) >= 11 is 1.29. The Bertz CT molecular complexity index is 1510. The quantitative estimate of drug-likeness (QED) is 0.122. The first-order chi connectivity index (χ1) is 17.6. The Morgan fingerprint density at radius 3 is 2.47 bits per heavy atom. The molecule has 12 heteroatoms. The first-order valence-electron chi connectivity index (χ1n) is 11.4. The number of amides is 2. The van der Waals surface area contributed by atoms with Gasteiger partial charge in [-0.05, 0) is 37.4 Å². The van der Waals surface area contributed by atoms with Gasteiger partial charge in [0.2, 0.25) is 11.8 Å². The van der Waals surface area contributed by atoms with E-state index < -0.39 is 57.6 Å². The monoisotopic (exact) mass is 543 g/mol. The van der Waals surface area contributed by atoms with E-state index in [1.54, 1.807) is 68.4 Å². The summed E-state index contributed by atoms with van der Waals surface area (Å²) in [5.41, 5.74) is -0.513. The van der Waals surface area contributed by atoms with Crippen LogP contribution in [-0.4, -0.2) is 55.9 Å². The van der Waals surface area contributed by atoms with E-state index in [-0.39, 0.29) is 35.1 Å². The number of nitrogens with one attached hydrogen (secondary N) is 1. The second-order valence-corrected chi connectivity index (χ2v) is 11.1. The topological polar surface area (TPSA) is 152 Å². The van der Waals surface area contributed by atoms with Crippen molar-refractivity contribution in [1.82, 2.24) is 10.2 Å². The van der Waals surface area contributed by atoms with Crippen LogP contribution in [0.2, 0.25) is 0 Å². The molecule has 0 bridgehead atoms. The molecule has 10 nitrogen and oxygen atoms in total. The number of β-lactam (4-membered cyclic amide) rings is 1. The van der Waals surface area contributed by atoms with E-state index in [1.807, 2.05) is 0 Å². The summed E-state index contributed by atoms with van der Waals surface area (Å²) in [4.78, 5) is 55.7. The molecule has 2 aromatic carbocycles. The molecular weight excluding hydrogens is 521 g/mol. The molecule has 3 heterocycles. The Hall–Kier alpha value is -3.12. The number of carboxylic acid groups (broad SMARTS) is 1. The molecule has 2 fully saturated rings. The van der Waals surface area contributed by atoms with Crippen molar-refractivity contribution in [2.45, 2.75) is 42.1 Å². The van der Waals surface area contributed by atoms with Crippen molar-refractivity contribution in [3.63, 3.8) is 0 Å². The number of carboxylic acids is 1. The van der Waals surface area contributed by atoms with Crippen molar-refractivity contribution in [2.24, 2.45) is 4.99 Å². The number of nitrogens with zero attached hydrogens (tertiary/aromatic N) is 2. The third-order valence-corrected chi connectivity index (χ3v) is 8.03. The predicted molar refractivity (Wildman–Crippen MR) is 134 cm³/mol. The molecule has 190 valence electrons. The van der Waals surface area contributed by atoms with Crippen molar-refractivity contribution in [3.8, 4) is 0 Å². The second kappa shape index (κ2) is 10.6. The first kappa shape index (κ1) is 27.9. The third kappa shape index (κ3) is 4.86. The van der Waals surface area contributed by atoms with Gasteiger partial charge in [-0.1, -0.05) is 48.5 Å². The van der Waals surface area contributed by atoms with Crippen LogP contribution in [0.1, 0.15) is 31.0 Å². The minimum atomic E-state index is -1.35. The fourth-order valence-electron chi connectivity index (χ4n) is 4.70. The molecule has 38 heavy (non-hydrogen) atoms. The first-order valence-corrected chi connectivity index (χ1v) is 12.3. The molecule has 4 atom stereocenters. The van der Waals surface area contributed by atoms with Crippen molar-refractivity contribution in [1.29, 1.82) is 0 Å². The Morgan fingerprint density at radius 1 is 1.13 bits per heavy atom. The number of hydrogen-bond acceptors (Lipinski definition) is 8. The summed E-state index contributed by atoms with van der Waals surface area (Å²) in [7, 11) is 0. The summed E-state index contributed by atoms with van der Waals surface area (Å²) in [6.45, 7) is 3.47. The minimum absolute atomic E-state index is 0. The standard InChI is InChI=1S/C26H23N3O7S.Na/c1-26(2)19(24(33)34)29-22(32)18(23(29)37-26)28-21(31)17(13-8-4-3-5-9-13)27-20(30)15-12-14-10-6-7-11-16(14)36-25(15)35;/h3-12,17-19,23H,1-2H3,(H,27,30)(H,28,31)(H,33,34);/q;+1/p-1/t17?,18-,19+,23-;/m1./s1. The van der Waals surface area contributed by atoms with Crippen LogP contribution < -0.4 is 45.6 Å². The van der Waals surface area contributed by atoms with E-state index in [0.717, 1.165) is 0 Å². The zero-order valence-electron chi connectivity index (χ0n) is 20.8.